The lowest BCUT2D eigenvalue weighted by Gasteiger charge is -2.17. The number of benzene rings is 2. The third kappa shape index (κ3) is 5.82. The Hall–Kier alpha value is -2.86. The number of hydrogen-bond acceptors (Lipinski definition) is 4. The van der Waals surface area contributed by atoms with Crippen LogP contribution in [-0.2, 0) is 33.9 Å². The normalized spacial score (nSPS) is 13.0. The molecule has 6 nitrogen and oxygen atoms in total. The van der Waals surface area contributed by atoms with Gasteiger partial charge in [0.25, 0.3) is 5.91 Å². The van der Waals surface area contributed by atoms with Crippen molar-refractivity contribution in [3.05, 3.63) is 59.2 Å². The Balaban J connectivity index is 1.46. The first-order valence-electron chi connectivity index (χ1n) is 9.51. The summed E-state index contributed by atoms with van der Waals surface area (Å²) in [5.74, 6) is 0.466. The summed E-state index contributed by atoms with van der Waals surface area (Å²) in [7, 11) is 0. The maximum Gasteiger partial charge on any atom is 0.258 e. The van der Waals surface area contributed by atoms with E-state index in [2.05, 4.69) is 10.6 Å². The first-order chi connectivity index (χ1) is 13.5. The maximum absolute atomic E-state index is 12.1. The van der Waals surface area contributed by atoms with Crippen LogP contribution in [-0.4, -0.2) is 24.5 Å². The van der Waals surface area contributed by atoms with Gasteiger partial charge in [-0.25, -0.2) is 0 Å². The largest absolute Gasteiger partial charge is 0.484 e. The SMILES string of the molecule is CC(C)OCc1cccc(CNC(=O)COc2ccc3c(c2)CCC(=O)N3)c1. The van der Waals surface area contributed by atoms with Crippen LogP contribution < -0.4 is 15.4 Å². The molecule has 6 heteroatoms. The van der Waals surface area contributed by atoms with Crippen LogP contribution in [0.25, 0.3) is 0 Å². The molecule has 0 radical (unpaired) electrons. The van der Waals surface area contributed by atoms with Crippen LogP contribution >= 0.6 is 0 Å². The molecule has 148 valence electrons. The molecule has 3 rings (SSSR count). The van der Waals surface area contributed by atoms with Crippen LogP contribution in [0.4, 0.5) is 5.69 Å². The highest BCUT2D eigenvalue weighted by atomic mass is 16.5. The molecule has 0 unspecified atom stereocenters. The standard InChI is InChI=1S/C22H26N2O4/c1-15(2)27-13-17-5-3-4-16(10-17)12-23-22(26)14-28-19-7-8-20-18(11-19)6-9-21(25)24-20/h3-5,7-8,10-11,15H,6,9,12-14H2,1-2H3,(H,23,26)(H,24,25). The van der Waals surface area contributed by atoms with Gasteiger partial charge < -0.3 is 20.1 Å². The topological polar surface area (TPSA) is 76.7 Å². The second kappa shape index (κ2) is 9.37. The van der Waals surface area contributed by atoms with Crippen LogP contribution in [0.5, 0.6) is 5.75 Å². The van der Waals surface area contributed by atoms with Crippen molar-refractivity contribution in [2.75, 3.05) is 11.9 Å². The number of aryl methyl sites for hydroxylation is 1. The van der Waals surface area contributed by atoms with Gasteiger partial charge in [0.1, 0.15) is 5.75 Å². The van der Waals surface area contributed by atoms with Crippen molar-refractivity contribution < 1.29 is 19.1 Å². The van der Waals surface area contributed by atoms with E-state index in [9.17, 15) is 9.59 Å². The van der Waals surface area contributed by atoms with E-state index in [0.29, 0.717) is 31.7 Å². The molecule has 1 aliphatic heterocycles. The van der Waals surface area contributed by atoms with Crippen molar-refractivity contribution in [1.29, 1.82) is 0 Å². The molecule has 0 spiro atoms. The van der Waals surface area contributed by atoms with Crippen molar-refractivity contribution in [3.8, 4) is 5.75 Å². The van der Waals surface area contributed by atoms with Gasteiger partial charge in [-0.1, -0.05) is 24.3 Å². The summed E-state index contributed by atoms with van der Waals surface area (Å²) < 4.78 is 11.2. The third-order valence-electron chi connectivity index (χ3n) is 4.41. The number of fused-ring (bicyclic) bond motifs is 1. The van der Waals surface area contributed by atoms with Gasteiger partial charge in [-0.15, -0.1) is 0 Å². The molecule has 0 atom stereocenters. The molecular formula is C22H26N2O4. The van der Waals surface area contributed by atoms with Gasteiger partial charge in [0, 0.05) is 18.7 Å². The van der Waals surface area contributed by atoms with Gasteiger partial charge >= 0.3 is 0 Å². The second-order valence-corrected chi connectivity index (χ2v) is 7.11. The van der Waals surface area contributed by atoms with Crippen molar-refractivity contribution in [2.45, 2.75) is 45.9 Å². The summed E-state index contributed by atoms with van der Waals surface area (Å²) in [4.78, 5) is 23.5. The average Bonchev–Trinajstić information content (AvgIpc) is 2.69. The summed E-state index contributed by atoms with van der Waals surface area (Å²) in [5.41, 5.74) is 3.94. The molecule has 0 aromatic heterocycles. The van der Waals surface area contributed by atoms with Gasteiger partial charge in [-0.05, 0) is 55.2 Å². The summed E-state index contributed by atoms with van der Waals surface area (Å²) in [6.07, 6.45) is 1.33. The number of amides is 2. The van der Waals surface area contributed by atoms with Crippen molar-refractivity contribution >= 4 is 17.5 Å². The van der Waals surface area contributed by atoms with Gasteiger partial charge in [-0.2, -0.15) is 0 Å². The summed E-state index contributed by atoms with van der Waals surface area (Å²) >= 11 is 0. The third-order valence-corrected chi connectivity index (χ3v) is 4.41. The lowest BCUT2D eigenvalue weighted by atomic mass is 10.0. The minimum Gasteiger partial charge on any atom is -0.484 e. The number of carbonyl (C=O) groups is 2. The monoisotopic (exact) mass is 382 g/mol. The Bertz CT molecular complexity index is 848. The fourth-order valence-corrected chi connectivity index (χ4v) is 2.94. The molecule has 0 saturated heterocycles. The Morgan fingerprint density at radius 3 is 2.79 bits per heavy atom. The summed E-state index contributed by atoms with van der Waals surface area (Å²) in [6, 6.07) is 13.4. The van der Waals surface area contributed by atoms with Crippen molar-refractivity contribution in [1.82, 2.24) is 5.32 Å². The molecular weight excluding hydrogens is 356 g/mol. The first kappa shape index (κ1) is 19.9. The Morgan fingerprint density at radius 2 is 1.96 bits per heavy atom. The molecule has 0 bridgehead atoms. The number of hydrogen-bond donors (Lipinski definition) is 2. The molecule has 1 heterocycles. The molecule has 28 heavy (non-hydrogen) atoms. The van der Waals surface area contributed by atoms with Crippen LogP contribution in [0, 0.1) is 0 Å². The number of anilines is 1. The van der Waals surface area contributed by atoms with Gasteiger partial charge in [0.15, 0.2) is 6.61 Å². The lowest BCUT2D eigenvalue weighted by Crippen LogP contribution is -2.28. The summed E-state index contributed by atoms with van der Waals surface area (Å²) in [5, 5.41) is 5.69. The zero-order valence-corrected chi connectivity index (χ0v) is 16.3. The fraction of sp³-hybridized carbons (Fsp3) is 0.364. The van der Waals surface area contributed by atoms with Crippen LogP contribution in [0.3, 0.4) is 0 Å². The second-order valence-electron chi connectivity index (χ2n) is 7.11. The van der Waals surface area contributed by atoms with E-state index in [0.717, 1.165) is 22.4 Å². The molecule has 1 aliphatic rings. The van der Waals surface area contributed by atoms with E-state index >= 15 is 0 Å². The highest BCUT2D eigenvalue weighted by molar-refractivity contribution is 5.94. The van der Waals surface area contributed by atoms with Crippen LogP contribution in [0.1, 0.15) is 37.0 Å². The van der Waals surface area contributed by atoms with E-state index in [4.69, 9.17) is 9.47 Å². The van der Waals surface area contributed by atoms with E-state index in [1.54, 1.807) is 6.07 Å². The van der Waals surface area contributed by atoms with Gasteiger partial charge in [0.05, 0.1) is 12.7 Å². The molecule has 0 aliphatic carbocycles. The molecule has 2 aromatic carbocycles. The maximum atomic E-state index is 12.1. The van der Waals surface area contributed by atoms with E-state index in [1.165, 1.54) is 0 Å². The predicted octanol–water partition coefficient (Wildman–Crippen LogP) is 3.19. The zero-order valence-electron chi connectivity index (χ0n) is 16.3. The molecule has 2 N–H and O–H groups in total. The highest BCUT2D eigenvalue weighted by Crippen LogP contribution is 2.26. The van der Waals surface area contributed by atoms with Crippen molar-refractivity contribution in [2.24, 2.45) is 0 Å². The minimum atomic E-state index is -0.185. The van der Waals surface area contributed by atoms with Crippen molar-refractivity contribution in [3.63, 3.8) is 0 Å². The minimum absolute atomic E-state index is 0.0281. The number of carbonyl (C=O) groups excluding carboxylic acids is 2. The molecule has 2 aromatic rings. The van der Waals surface area contributed by atoms with Crippen LogP contribution in [0.2, 0.25) is 0 Å². The Kier molecular flexibility index (Phi) is 6.66. The quantitative estimate of drug-likeness (QED) is 0.735. The lowest BCUT2D eigenvalue weighted by molar-refractivity contribution is -0.123. The molecule has 0 fully saturated rings. The van der Waals surface area contributed by atoms with E-state index in [-0.39, 0.29) is 24.5 Å². The van der Waals surface area contributed by atoms with Crippen LogP contribution in [0.15, 0.2) is 42.5 Å². The number of nitrogens with one attached hydrogen (secondary N) is 2. The Labute approximate surface area is 165 Å². The average molecular weight is 382 g/mol. The smallest absolute Gasteiger partial charge is 0.258 e. The highest BCUT2D eigenvalue weighted by Gasteiger charge is 2.15. The summed E-state index contributed by atoms with van der Waals surface area (Å²) in [6.45, 7) is 4.95. The van der Waals surface area contributed by atoms with E-state index < -0.39 is 0 Å². The van der Waals surface area contributed by atoms with E-state index in [1.807, 2.05) is 50.2 Å². The van der Waals surface area contributed by atoms with Gasteiger partial charge in [-0.3, -0.25) is 9.59 Å². The van der Waals surface area contributed by atoms with Gasteiger partial charge in [0.2, 0.25) is 5.91 Å². The zero-order chi connectivity index (χ0) is 19.9. The first-order valence-corrected chi connectivity index (χ1v) is 9.51. The number of rotatable bonds is 8. The molecule has 0 saturated carbocycles. The Morgan fingerprint density at radius 1 is 1.14 bits per heavy atom. The molecule has 2 amide bonds. The fourth-order valence-electron chi connectivity index (χ4n) is 2.94. The predicted molar refractivity (Wildman–Crippen MR) is 107 cm³/mol. The number of ether oxygens (including phenoxy) is 2.